The molecule has 0 saturated heterocycles. The predicted molar refractivity (Wildman–Crippen MR) is 121 cm³/mol. The van der Waals surface area contributed by atoms with E-state index in [1.807, 2.05) is 72.8 Å². The first-order valence-corrected chi connectivity index (χ1v) is 10.7. The van der Waals surface area contributed by atoms with Gasteiger partial charge in [-0.3, -0.25) is 0 Å². The molecular formula is C25H16Br2O. The fourth-order valence-electron chi connectivity index (χ4n) is 4.26. The molecule has 0 heterocycles. The number of benzene rings is 4. The van der Waals surface area contributed by atoms with Gasteiger partial charge in [0, 0.05) is 31.2 Å². The highest BCUT2D eigenvalue weighted by Gasteiger charge is 2.45. The van der Waals surface area contributed by atoms with Crippen molar-refractivity contribution < 1.29 is 5.11 Å². The number of rotatable bonds is 2. The predicted octanol–water partition coefficient (Wildman–Crippen LogP) is 7.14. The van der Waals surface area contributed by atoms with Crippen LogP contribution in [0.2, 0.25) is 0 Å². The van der Waals surface area contributed by atoms with E-state index in [-0.39, 0.29) is 0 Å². The lowest BCUT2D eigenvalue weighted by atomic mass is 9.80. The van der Waals surface area contributed by atoms with Crippen LogP contribution in [0.15, 0.2) is 99.9 Å². The van der Waals surface area contributed by atoms with Crippen LogP contribution in [0.5, 0.6) is 0 Å². The topological polar surface area (TPSA) is 20.2 Å². The molecule has 4 aromatic carbocycles. The molecule has 0 fully saturated rings. The van der Waals surface area contributed by atoms with E-state index in [0.717, 1.165) is 47.9 Å². The maximum absolute atomic E-state index is 12.3. The zero-order valence-corrected chi connectivity index (χ0v) is 18.0. The Morgan fingerprint density at radius 1 is 0.500 bits per heavy atom. The average Bonchev–Trinajstić information content (AvgIpc) is 3.00. The highest BCUT2D eigenvalue weighted by molar-refractivity contribution is 9.11. The first-order valence-electron chi connectivity index (χ1n) is 9.08. The van der Waals surface area contributed by atoms with Crippen LogP contribution in [0.25, 0.3) is 22.3 Å². The van der Waals surface area contributed by atoms with Crippen molar-refractivity contribution in [2.45, 2.75) is 5.60 Å². The molecular weight excluding hydrogens is 476 g/mol. The van der Waals surface area contributed by atoms with Crippen molar-refractivity contribution in [3.8, 4) is 22.3 Å². The number of aliphatic hydroxyl groups is 1. The molecule has 3 heteroatoms. The summed E-state index contributed by atoms with van der Waals surface area (Å²) in [5.74, 6) is 0. The third-order valence-corrected chi connectivity index (χ3v) is 6.82. The first-order chi connectivity index (χ1) is 13.6. The normalized spacial score (nSPS) is 17.2. The monoisotopic (exact) mass is 490 g/mol. The quantitative estimate of drug-likeness (QED) is 0.316. The van der Waals surface area contributed by atoms with Crippen molar-refractivity contribution in [3.05, 3.63) is 117 Å². The van der Waals surface area contributed by atoms with Gasteiger partial charge in [-0.05, 0) is 28.8 Å². The molecule has 0 bridgehead atoms. The Balaban J connectivity index is 1.87. The second-order valence-corrected chi connectivity index (χ2v) is 8.65. The molecule has 136 valence electrons. The summed E-state index contributed by atoms with van der Waals surface area (Å²) >= 11 is 7.38. The summed E-state index contributed by atoms with van der Waals surface area (Å²) in [5, 5.41) is 12.3. The van der Waals surface area contributed by atoms with Crippen LogP contribution in [0.4, 0.5) is 0 Å². The van der Waals surface area contributed by atoms with Gasteiger partial charge < -0.3 is 5.11 Å². The average molecular weight is 492 g/mol. The molecule has 4 aromatic rings. The number of hydrogen-bond donors (Lipinski definition) is 1. The smallest absolute Gasteiger partial charge is 0.142 e. The minimum atomic E-state index is -1.22. The zero-order chi connectivity index (χ0) is 19.3. The summed E-state index contributed by atoms with van der Waals surface area (Å²) in [6.45, 7) is 0. The van der Waals surface area contributed by atoms with Crippen molar-refractivity contribution in [3.63, 3.8) is 0 Å². The maximum Gasteiger partial charge on any atom is 0.142 e. The van der Waals surface area contributed by atoms with E-state index in [2.05, 4.69) is 50.1 Å². The molecule has 0 radical (unpaired) electrons. The summed E-state index contributed by atoms with van der Waals surface area (Å²) in [6, 6.07) is 30.4. The first kappa shape index (κ1) is 17.9. The van der Waals surface area contributed by atoms with Crippen LogP contribution in [0, 0.1) is 0 Å². The summed E-state index contributed by atoms with van der Waals surface area (Å²) in [4.78, 5) is 0. The van der Waals surface area contributed by atoms with E-state index >= 15 is 0 Å². The minimum Gasteiger partial charge on any atom is -0.376 e. The van der Waals surface area contributed by atoms with Crippen molar-refractivity contribution >= 4 is 31.9 Å². The van der Waals surface area contributed by atoms with Gasteiger partial charge in [0.05, 0.1) is 0 Å². The second-order valence-electron chi connectivity index (χ2n) is 6.94. The summed E-state index contributed by atoms with van der Waals surface area (Å²) in [5.41, 5.74) is 5.68. The van der Waals surface area contributed by atoms with Crippen molar-refractivity contribution in [1.29, 1.82) is 0 Å². The summed E-state index contributed by atoms with van der Waals surface area (Å²) < 4.78 is 2.00. The zero-order valence-electron chi connectivity index (χ0n) is 14.9. The van der Waals surface area contributed by atoms with E-state index < -0.39 is 5.60 Å². The standard InChI is InChI=1S/C25H16Br2O/c26-22-14-6-3-9-17(22)16-8-1-4-11-19(16)25(28)20-12-5-2-10-18(20)24-21(25)13-7-15-23(24)27/h1-15,28H. The van der Waals surface area contributed by atoms with Gasteiger partial charge in [0.25, 0.3) is 0 Å². The molecule has 0 amide bonds. The van der Waals surface area contributed by atoms with E-state index in [9.17, 15) is 5.11 Å². The van der Waals surface area contributed by atoms with Gasteiger partial charge >= 0.3 is 0 Å². The van der Waals surface area contributed by atoms with Gasteiger partial charge in [-0.2, -0.15) is 0 Å². The molecule has 1 aliphatic carbocycles. The van der Waals surface area contributed by atoms with Crippen molar-refractivity contribution in [1.82, 2.24) is 0 Å². The molecule has 28 heavy (non-hydrogen) atoms. The minimum absolute atomic E-state index is 0.881. The number of hydrogen-bond acceptors (Lipinski definition) is 1. The lowest BCUT2D eigenvalue weighted by molar-refractivity contribution is 0.131. The SMILES string of the molecule is OC1(c2ccccc2-c2ccccc2Br)c2ccccc2-c2c(Br)cccc21. The lowest BCUT2D eigenvalue weighted by Gasteiger charge is -2.29. The van der Waals surface area contributed by atoms with E-state index in [1.54, 1.807) is 0 Å². The Hall–Kier alpha value is -2.20. The molecule has 1 atom stereocenters. The van der Waals surface area contributed by atoms with Crippen LogP contribution in [0.1, 0.15) is 16.7 Å². The van der Waals surface area contributed by atoms with Crippen molar-refractivity contribution in [2.24, 2.45) is 0 Å². The van der Waals surface area contributed by atoms with Gasteiger partial charge in [0.1, 0.15) is 5.60 Å². The number of fused-ring (bicyclic) bond motifs is 3. The molecule has 1 nitrogen and oxygen atoms in total. The van der Waals surface area contributed by atoms with Crippen LogP contribution < -0.4 is 0 Å². The maximum atomic E-state index is 12.3. The Morgan fingerprint density at radius 3 is 1.71 bits per heavy atom. The highest BCUT2D eigenvalue weighted by atomic mass is 79.9. The summed E-state index contributed by atoms with van der Waals surface area (Å²) in [6.07, 6.45) is 0. The van der Waals surface area contributed by atoms with Gasteiger partial charge in [-0.1, -0.05) is 111 Å². The lowest BCUT2D eigenvalue weighted by Crippen LogP contribution is -2.27. The van der Waals surface area contributed by atoms with Crippen molar-refractivity contribution in [2.75, 3.05) is 0 Å². The fraction of sp³-hybridized carbons (Fsp3) is 0.0400. The molecule has 5 rings (SSSR count). The Bertz CT molecular complexity index is 1210. The van der Waals surface area contributed by atoms with E-state index in [0.29, 0.717) is 0 Å². The molecule has 0 aliphatic heterocycles. The molecule has 1 N–H and O–H groups in total. The summed E-state index contributed by atoms with van der Waals surface area (Å²) in [7, 11) is 0. The Labute approximate surface area is 180 Å². The molecule has 1 aliphatic rings. The van der Waals surface area contributed by atoms with Crippen LogP contribution >= 0.6 is 31.9 Å². The van der Waals surface area contributed by atoms with Gasteiger partial charge in [0.15, 0.2) is 0 Å². The number of halogens is 2. The van der Waals surface area contributed by atoms with E-state index in [4.69, 9.17) is 0 Å². The largest absolute Gasteiger partial charge is 0.376 e. The molecule has 0 saturated carbocycles. The third kappa shape index (κ3) is 2.47. The van der Waals surface area contributed by atoms with Crippen LogP contribution in [0.3, 0.4) is 0 Å². The van der Waals surface area contributed by atoms with Crippen LogP contribution in [-0.4, -0.2) is 5.11 Å². The Kier molecular flexibility index (Phi) is 4.27. The van der Waals surface area contributed by atoms with Gasteiger partial charge in [0.2, 0.25) is 0 Å². The fourth-order valence-corrected chi connectivity index (χ4v) is 5.34. The van der Waals surface area contributed by atoms with E-state index in [1.165, 1.54) is 0 Å². The van der Waals surface area contributed by atoms with Gasteiger partial charge in [-0.25, -0.2) is 0 Å². The molecule has 0 spiro atoms. The molecule has 0 aromatic heterocycles. The van der Waals surface area contributed by atoms with Crippen LogP contribution in [-0.2, 0) is 5.60 Å². The third-order valence-electron chi connectivity index (χ3n) is 5.47. The second kappa shape index (κ2) is 6.70. The highest BCUT2D eigenvalue weighted by Crippen LogP contribution is 2.54. The molecule has 1 unspecified atom stereocenters. The van der Waals surface area contributed by atoms with Gasteiger partial charge in [-0.15, -0.1) is 0 Å². The Morgan fingerprint density at radius 2 is 1.00 bits per heavy atom.